The van der Waals surface area contributed by atoms with Gasteiger partial charge >= 0.3 is 5.97 Å². The average Bonchev–Trinajstić information content (AvgIpc) is 2.96. The van der Waals surface area contributed by atoms with Crippen LogP contribution in [0.4, 0.5) is 4.39 Å². The van der Waals surface area contributed by atoms with E-state index in [1.54, 1.807) is 12.1 Å². The summed E-state index contributed by atoms with van der Waals surface area (Å²) < 4.78 is 23.6. The molecule has 4 nitrogen and oxygen atoms in total. The highest BCUT2D eigenvalue weighted by Gasteiger charge is 2.45. The molecule has 0 aromatic heterocycles. The number of carboxylic acid groups (broad SMARTS) is 1. The lowest BCUT2D eigenvalue weighted by Gasteiger charge is -2.27. The first kappa shape index (κ1) is 14.6. The van der Waals surface area contributed by atoms with E-state index in [0.717, 1.165) is 12.8 Å². The fourth-order valence-electron chi connectivity index (χ4n) is 3.03. The summed E-state index contributed by atoms with van der Waals surface area (Å²) in [6.07, 6.45) is 2.77. The van der Waals surface area contributed by atoms with Crippen LogP contribution in [0.2, 0.25) is 0 Å². The van der Waals surface area contributed by atoms with Crippen LogP contribution in [-0.4, -0.2) is 25.3 Å². The van der Waals surface area contributed by atoms with Crippen molar-refractivity contribution in [1.82, 2.24) is 0 Å². The van der Waals surface area contributed by atoms with Crippen molar-refractivity contribution in [3.8, 4) is 11.5 Å². The summed E-state index contributed by atoms with van der Waals surface area (Å²) in [5.41, 5.74) is -0.0637. The molecule has 5 heteroatoms. The summed E-state index contributed by atoms with van der Waals surface area (Å²) in [6, 6.07) is 3.15. The van der Waals surface area contributed by atoms with Gasteiger partial charge in [-0.2, -0.15) is 0 Å². The Morgan fingerprint density at radius 1 is 1.30 bits per heavy atom. The molecule has 0 atom stereocenters. The van der Waals surface area contributed by atoms with E-state index >= 15 is 0 Å². The van der Waals surface area contributed by atoms with Crippen LogP contribution in [0.5, 0.6) is 11.5 Å². The predicted octanol–water partition coefficient (Wildman–Crippen LogP) is 3.07. The number of alkyl halides is 1. The number of halogens is 1. The van der Waals surface area contributed by atoms with Crippen LogP contribution in [0, 0.1) is 0 Å². The summed E-state index contributed by atoms with van der Waals surface area (Å²) in [4.78, 5) is 11.8. The molecule has 0 amide bonds. The molecule has 0 heterocycles. The lowest BCUT2D eigenvalue weighted by molar-refractivity contribution is -0.143. The van der Waals surface area contributed by atoms with Gasteiger partial charge in [0.25, 0.3) is 0 Å². The molecule has 1 aromatic carbocycles. The fourth-order valence-corrected chi connectivity index (χ4v) is 3.03. The number of rotatable bonds is 5. The summed E-state index contributed by atoms with van der Waals surface area (Å²) in [7, 11) is 2.94. The molecule has 0 aliphatic heterocycles. The maximum atomic E-state index is 13.0. The van der Waals surface area contributed by atoms with E-state index in [4.69, 9.17) is 9.47 Å². The molecule has 1 aliphatic rings. The Labute approximate surface area is 117 Å². The first-order valence-corrected chi connectivity index (χ1v) is 6.64. The third-order valence-corrected chi connectivity index (χ3v) is 4.08. The summed E-state index contributed by atoms with van der Waals surface area (Å²) >= 11 is 0. The number of aliphatic carboxylic acids is 1. The smallest absolute Gasteiger partial charge is 0.314 e. The van der Waals surface area contributed by atoms with Crippen LogP contribution < -0.4 is 9.47 Å². The molecule has 0 radical (unpaired) electrons. The number of hydrogen-bond donors (Lipinski definition) is 1. The minimum Gasteiger partial charge on any atom is -0.493 e. The third kappa shape index (κ3) is 2.21. The van der Waals surface area contributed by atoms with Crippen LogP contribution in [0.15, 0.2) is 12.1 Å². The molecule has 1 saturated carbocycles. The molecule has 1 aliphatic carbocycles. The monoisotopic (exact) mass is 282 g/mol. The van der Waals surface area contributed by atoms with E-state index in [1.165, 1.54) is 14.2 Å². The molecule has 1 aromatic rings. The topological polar surface area (TPSA) is 55.8 Å². The van der Waals surface area contributed by atoms with Crippen molar-refractivity contribution in [1.29, 1.82) is 0 Å². The van der Waals surface area contributed by atoms with Gasteiger partial charge in [0.1, 0.15) is 6.67 Å². The van der Waals surface area contributed by atoms with E-state index in [2.05, 4.69) is 0 Å². The number of methoxy groups -OCH3 is 2. The molecular formula is C15H19FO4. The van der Waals surface area contributed by atoms with Crippen LogP contribution >= 0.6 is 0 Å². The first-order valence-electron chi connectivity index (χ1n) is 6.64. The normalized spacial score (nSPS) is 16.9. The summed E-state index contributed by atoms with van der Waals surface area (Å²) in [5, 5.41) is 9.67. The van der Waals surface area contributed by atoms with Crippen molar-refractivity contribution in [2.75, 3.05) is 14.2 Å². The number of ether oxygens (including phenoxy) is 2. The van der Waals surface area contributed by atoms with Crippen molar-refractivity contribution >= 4 is 5.97 Å². The Morgan fingerprint density at radius 3 is 2.40 bits per heavy atom. The maximum Gasteiger partial charge on any atom is 0.314 e. The van der Waals surface area contributed by atoms with E-state index in [1.807, 2.05) is 0 Å². The van der Waals surface area contributed by atoms with Gasteiger partial charge in [0.05, 0.1) is 19.6 Å². The lowest BCUT2D eigenvalue weighted by Crippen LogP contribution is -2.33. The minimum atomic E-state index is -0.996. The predicted molar refractivity (Wildman–Crippen MR) is 72.1 cm³/mol. The van der Waals surface area contributed by atoms with E-state index < -0.39 is 18.1 Å². The molecule has 0 spiro atoms. The summed E-state index contributed by atoms with van der Waals surface area (Å²) in [6.45, 7) is -0.664. The zero-order chi connectivity index (χ0) is 14.8. The number of carbonyl (C=O) groups is 1. The van der Waals surface area contributed by atoms with Gasteiger partial charge in [-0.25, -0.2) is 4.39 Å². The Hall–Kier alpha value is -1.78. The highest BCUT2D eigenvalue weighted by atomic mass is 19.1. The van der Waals surface area contributed by atoms with Gasteiger partial charge in [-0.3, -0.25) is 4.79 Å². The zero-order valence-corrected chi connectivity index (χ0v) is 11.7. The molecular weight excluding hydrogens is 263 g/mol. The Kier molecular flexibility index (Phi) is 4.16. The van der Waals surface area contributed by atoms with Gasteiger partial charge < -0.3 is 14.6 Å². The molecule has 110 valence electrons. The van der Waals surface area contributed by atoms with Crippen molar-refractivity contribution in [3.63, 3.8) is 0 Å². The standard InChI is InChI=1S/C15H19FO4/c1-19-12-8-10(9-16)7-11(13(12)20-2)15(14(17)18)5-3-4-6-15/h7-8H,3-6,9H2,1-2H3,(H,17,18). The molecule has 1 N–H and O–H groups in total. The van der Waals surface area contributed by atoms with Gasteiger partial charge in [0, 0.05) is 5.56 Å². The fraction of sp³-hybridized carbons (Fsp3) is 0.533. The van der Waals surface area contributed by atoms with E-state index in [-0.39, 0.29) is 0 Å². The molecule has 1 fully saturated rings. The lowest BCUT2D eigenvalue weighted by atomic mass is 9.77. The quantitative estimate of drug-likeness (QED) is 0.901. The summed E-state index contributed by atoms with van der Waals surface area (Å²) in [5.74, 6) is -0.106. The third-order valence-electron chi connectivity index (χ3n) is 4.08. The highest BCUT2D eigenvalue weighted by molar-refractivity contribution is 5.83. The van der Waals surface area contributed by atoms with Gasteiger partial charge in [0.15, 0.2) is 11.5 Å². The molecule has 20 heavy (non-hydrogen) atoms. The van der Waals surface area contributed by atoms with Crippen molar-refractivity contribution < 1.29 is 23.8 Å². The van der Waals surface area contributed by atoms with Crippen molar-refractivity contribution in [3.05, 3.63) is 23.3 Å². The first-order chi connectivity index (χ1) is 9.58. The van der Waals surface area contributed by atoms with Gasteiger partial charge in [-0.1, -0.05) is 12.8 Å². The number of benzene rings is 1. The maximum absolute atomic E-state index is 13.0. The Balaban J connectivity index is 2.67. The number of hydrogen-bond acceptors (Lipinski definition) is 3. The van der Waals surface area contributed by atoms with E-state index in [9.17, 15) is 14.3 Å². The second kappa shape index (κ2) is 5.69. The Bertz CT molecular complexity index is 507. The average molecular weight is 282 g/mol. The van der Waals surface area contributed by atoms with Crippen LogP contribution in [0.1, 0.15) is 36.8 Å². The largest absolute Gasteiger partial charge is 0.493 e. The molecule has 0 unspecified atom stereocenters. The number of carboxylic acids is 1. The van der Waals surface area contributed by atoms with Crippen LogP contribution in [-0.2, 0) is 16.9 Å². The SMILES string of the molecule is COc1cc(CF)cc(C2(C(=O)O)CCCC2)c1OC. The molecule has 0 bridgehead atoms. The van der Waals surface area contributed by atoms with Crippen LogP contribution in [0.25, 0.3) is 0 Å². The van der Waals surface area contributed by atoms with Crippen molar-refractivity contribution in [2.45, 2.75) is 37.8 Å². The van der Waals surface area contributed by atoms with E-state index in [0.29, 0.717) is 35.5 Å². The zero-order valence-electron chi connectivity index (χ0n) is 11.7. The molecule has 2 rings (SSSR count). The second-order valence-corrected chi connectivity index (χ2v) is 5.11. The molecule has 0 saturated heterocycles. The highest BCUT2D eigenvalue weighted by Crippen LogP contribution is 2.48. The van der Waals surface area contributed by atoms with Gasteiger partial charge in [-0.05, 0) is 30.5 Å². The van der Waals surface area contributed by atoms with Crippen molar-refractivity contribution in [2.24, 2.45) is 0 Å². The second-order valence-electron chi connectivity index (χ2n) is 5.11. The van der Waals surface area contributed by atoms with Crippen LogP contribution in [0.3, 0.4) is 0 Å². The Morgan fingerprint density at radius 2 is 1.95 bits per heavy atom. The van der Waals surface area contributed by atoms with Gasteiger partial charge in [0.2, 0.25) is 0 Å². The van der Waals surface area contributed by atoms with Gasteiger partial charge in [-0.15, -0.1) is 0 Å². The minimum absolute atomic E-state index is 0.380.